The minimum atomic E-state index is -3.88. The summed E-state index contributed by atoms with van der Waals surface area (Å²) in [5, 5.41) is 5.45. The van der Waals surface area contributed by atoms with Gasteiger partial charge in [-0.1, -0.05) is 6.07 Å². The van der Waals surface area contributed by atoms with Crippen molar-refractivity contribution in [2.75, 3.05) is 45.8 Å². The third kappa shape index (κ3) is 7.04. The van der Waals surface area contributed by atoms with Crippen molar-refractivity contribution in [3.05, 3.63) is 24.3 Å². The van der Waals surface area contributed by atoms with Crippen LogP contribution in [0.4, 0.5) is 5.69 Å². The van der Waals surface area contributed by atoms with E-state index in [1.54, 1.807) is 13.2 Å². The molecule has 10 heteroatoms. The van der Waals surface area contributed by atoms with Crippen LogP contribution in [0.15, 0.2) is 29.2 Å². The summed E-state index contributed by atoms with van der Waals surface area (Å²) in [6, 6.07) is 5.70. The highest BCUT2D eigenvalue weighted by atomic mass is 32.2. The van der Waals surface area contributed by atoms with Crippen LogP contribution in [-0.2, 0) is 29.1 Å². The molecule has 1 amide bonds. The van der Waals surface area contributed by atoms with E-state index in [-0.39, 0.29) is 17.3 Å². The molecule has 0 aliphatic heterocycles. The monoisotopic (exact) mass is 359 g/mol. The Labute approximate surface area is 140 Å². The van der Waals surface area contributed by atoms with Gasteiger partial charge >= 0.3 is 5.97 Å². The van der Waals surface area contributed by atoms with Crippen LogP contribution in [0.1, 0.15) is 0 Å². The summed E-state index contributed by atoms with van der Waals surface area (Å²) in [6.07, 6.45) is 0. The van der Waals surface area contributed by atoms with Crippen molar-refractivity contribution in [3.63, 3.8) is 0 Å². The van der Waals surface area contributed by atoms with E-state index in [0.29, 0.717) is 18.8 Å². The Kier molecular flexibility index (Phi) is 8.33. The van der Waals surface area contributed by atoms with Gasteiger partial charge in [-0.3, -0.25) is 9.59 Å². The SMILES string of the molecule is COCCNCC(=O)Nc1cccc(S(=O)(=O)NCC(=O)OC)c1. The van der Waals surface area contributed by atoms with Crippen molar-refractivity contribution in [1.29, 1.82) is 0 Å². The van der Waals surface area contributed by atoms with E-state index in [9.17, 15) is 18.0 Å². The number of anilines is 1. The fourth-order valence-corrected chi connectivity index (χ4v) is 2.65. The summed E-state index contributed by atoms with van der Waals surface area (Å²) < 4.78 is 35.5. The second-order valence-electron chi connectivity index (χ2n) is 4.65. The van der Waals surface area contributed by atoms with E-state index in [2.05, 4.69) is 20.1 Å². The maximum atomic E-state index is 12.1. The lowest BCUT2D eigenvalue weighted by Gasteiger charge is -2.09. The summed E-state index contributed by atoms with van der Waals surface area (Å²) in [6.45, 7) is 0.600. The number of benzene rings is 1. The van der Waals surface area contributed by atoms with Crippen LogP contribution < -0.4 is 15.4 Å². The Bertz CT molecular complexity index is 662. The molecule has 0 fully saturated rings. The number of sulfonamides is 1. The number of ether oxygens (including phenoxy) is 2. The number of hydrogen-bond donors (Lipinski definition) is 3. The normalized spacial score (nSPS) is 11.1. The molecule has 0 aliphatic rings. The van der Waals surface area contributed by atoms with E-state index in [1.807, 2.05) is 0 Å². The van der Waals surface area contributed by atoms with Crippen LogP contribution >= 0.6 is 0 Å². The maximum Gasteiger partial charge on any atom is 0.320 e. The molecule has 0 atom stereocenters. The van der Waals surface area contributed by atoms with Gasteiger partial charge in [0.15, 0.2) is 0 Å². The predicted octanol–water partition coefficient (Wildman–Crippen LogP) is -0.688. The Balaban J connectivity index is 2.65. The van der Waals surface area contributed by atoms with Crippen molar-refractivity contribution < 1.29 is 27.5 Å². The van der Waals surface area contributed by atoms with Crippen molar-refractivity contribution in [2.45, 2.75) is 4.90 Å². The Morgan fingerprint density at radius 3 is 2.58 bits per heavy atom. The van der Waals surface area contributed by atoms with Crippen LogP contribution in [0, 0.1) is 0 Å². The number of amides is 1. The second-order valence-corrected chi connectivity index (χ2v) is 6.41. The number of esters is 1. The lowest BCUT2D eigenvalue weighted by molar-refractivity contribution is -0.139. The number of carbonyl (C=O) groups is 2. The van der Waals surface area contributed by atoms with Gasteiger partial charge in [0, 0.05) is 19.3 Å². The Morgan fingerprint density at radius 1 is 1.17 bits per heavy atom. The second kappa shape index (κ2) is 9.98. The first-order valence-corrected chi connectivity index (χ1v) is 8.53. The van der Waals surface area contributed by atoms with Gasteiger partial charge in [-0.15, -0.1) is 0 Å². The first kappa shape index (κ1) is 20.0. The van der Waals surface area contributed by atoms with Gasteiger partial charge in [0.1, 0.15) is 6.54 Å². The molecular weight excluding hydrogens is 338 g/mol. The van der Waals surface area contributed by atoms with Crippen molar-refractivity contribution in [3.8, 4) is 0 Å². The highest BCUT2D eigenvalue weighted by Gasteiger charge is 2.16. The minimum absolute atomic E-state index is 0.0704. The molecule has 0 aromatic heterocycles. The first-order valence-electron chi connectivity index (χ1n) is 7.05. The zero-order valence-electron chi connectivity index (χ0n) is 13.5. The van der Waals surface area contributed by atoms with Gasteiger partial charge in [0.2, 0.25) is 15.9 Å². The Morgan fingerprint density at radius 2 is 1.92 bits per heavy atom. The number of rotatable bonds is 10. The van der Waals surface area contributed by atoms with Gasteiger partial charge in [0.05, 0.1) is 25.2 Å². The van der Waals surface area contributed by atoms with E-state index < -0.39 is 22.5 Å². The molecule has 0 aliphatic carbocycles. The van der Waals surface area contributed by atoms with Crippen LogP contribution in [0.3, 0.4) is 0 Å². The maximum absolute atomic E-state index is 12.1. The predicted molar refractivity (Wildman–Crippen MR) is 87.0 cm³/mol. The number of nitrogens with one attached hydrogen (secondary N) is 3. The first-order chi connectivity index (χ1) is 11.4. The van der Waals surface area contributed by atoms with E-state index >= 15 is 0 Å². The summed E-state index contributed by atoms with van der Waals surface area (Å²) in [4.78, 5) is 22.7. The molecule has 9 nitrogen and oxygen atoms in total. The van der Waals surface area contributed by atoms with E-state index in [0.717, 1.165) is 7.11 Å². The highest BCUT2D eigenvalue weighted by molar-refractivity contribution is 7.89. The van der Waals surface area contributed by atoms with Crippen molar-refractivity contribution >= 4 is 27.6 Å². The largest absolute Gasteiger partial charge is 0.468 e. The van der Waals surface area contributed by atoms with Gasteiger partial charge < -0.3 is 20.1 Å². The molecule has 0 spiro atoms. The summed E-state index contributed by atoms with van der Waals surface area (Å²) in [5.41, 5.74) is 0.328. The number of methoxy groups -OCH3 is 2. The zero-order valence-corrected chi connectivity index (χ0v) is 14.3. The number of carbonyl (C=O) groups excluding carboxylic acids is 2. The molecule has 0 saturated heterocycles. The minimum Gasteiger partial charge on any atom is -0.468 e. The molecule has 1 rings (SSSR count). The fraction of sp³-hybridized carbons (Fsp3) is 0.429. The topological polar surface area (TPSA) is 123 Å². The van der Waals surface area contributed by atoms with Crippen LogP contribution in [-0.4, -0.2) is 60.8 Å². The third-order valence-electron chi connectivity index (χ3n) is 2.83. The van der Waals surface area contributed by atoms with Crippen LogP contribution in [0.25, 0.3) is 0 Å². The molecule has 0 unspecified atom stereocenters. The van der Waals surface area contributed by atoms with E-state index in [1.165, 1.54) is 18.2 Å². The molecule has 24 heavy (non-hydrogen) atoms. The molecule has 3 N–H and O–H groups in total. The van der Waals surface area contributed by atoms with Crippen molar-refractivity contribution in [1.82, 2.24) is 10.0 Å². The summed E-state index contributed by atoms with van der Waals surface area (Å²) >= 11 is 0. The zero-order chi connectivity index (χ0) is 18.0. The average Bonchev–Trinajstić information content (AvgIpc) is 2.57. The lowest BCUT2D eigenvalue weighted by atomic mass is 10.3. The van der Waals surface area contributed by atoms with Gasteiger partial charge in [-0.2, -0.15) is 4.72 Å². The van der Waals surface area contributed by atoms with Gasteiger partial charge in [0.25, 0.3) is 0 Å². The standard InChI is InChI=1S/C14H21N3O6S/c1-22-7-6-15-9-13(18)17-11-4-3-5-12(8-11)24(20,21)16-10-14(19)23-2/h3-5,8,15-16H,6-7,9-10H2,1-2H3,(H,17,18). The highest BCUT2D eigenvalue weighted by Crippen LogP contribution is 2.15. The molecule has 0 saturated carbocycles. The molecule has 134 valence electrons. The third-order valence-corrected chi connectivity index (χ3v) is 4.23. The summed E-state index contributed by atoms with van der Waals surface area (Å²) in [5.74, 6) is -1.02. The Hall–Kier alpha value is -2.01. The fourth-order valence-electron chi connectivity index (χ4n) is 1.63. The quantitative estimate of drug-likeness (QED) is 0.373. The average molecular weight is 359 g/mol. The summed E-state index contributed by atoms with van der Waals surface area (Å²) in [7, 11) is -1.16. The smallest absolute Gasteiger partial charge is 0.320 e. The van der Waals surface area contributed by atoms with E-state index in [4.69, 9.17) is 4.74 Å². The molecule has 0 heterocycles. The van der Waals surface area contributed by atoms with Crippen LogP contribution in [0.2, 0.25) is 0 Å². The van der Waals surface area contributed by atoms with Gasteiger partial charge in [-0.25, -0.2) is 8.42 Å². The molecule has 1 aromatic carbocycles. The van der Waals surface area contributed by atoms with Gasteiger partial charge in [-0.05, 0) is 18.2 Å². The van der Waals surface area contributed by atoms with Crippen LogP contribution in [0.5, 0.6) is 0 Å². The molecule has 0 bridgehead atoms. The molecule has 0 radical (unpaired) electrons. The number of hydrogen-bond acceptors (Lipinski definition) is 7. The van der Waals surface area contributed by atoms with Crippen molar-refractivity contribution in [2.24, 2.45) is 0 Å². The molecule has 1 aromatic rings. The molecular formula is C14H21N3O6S. The lowest BCUT2D eigenvalue weighted by Crippen LogP contribution is -2.31.